The molecule has 2 unspecified atom stereocenters. The second kappa shape index (κ2) is 7.12. The Morgan fingerprint density at radius 1 is 1.35 bits per heavy atom. The van der Waals surface area contributed by atoms with Crippen molar-refractivity contribution in [3.63, 3.8) is 0 Å². The molecule has 0 saturated heterocycles. The summed E-state index contributed by atoms with van der Waals surface area (Å²) in [6, 6.07) is 4.72. The molecule has 0 bridgehead atoms. The predicted octanol–water partition coefficient (Wildman–Crippen LogP) is 4.84. The lowest BCUT2D eigenvalue weighted by Crippen LogP contribution is -2.13. The molecule has 0 radical (unpaired) electrons. The number of rotatable bonds is 6. The summed E-state index contributed by atoms with van der Waals surface area (Å²) in [5.74, 6) is -0.186. The maximum absolute atomic E-state index is 13.7. The second-order valence-electron chi connectivity index (χ2n) is 4.42. The molecule has 0 fully saturated rings. The van der Waals surface area contributed by atoms with Crippen molar-refractivity contribution in [2.75, 3.05) is 0 Å². The number of hydrogen-bond donors (Lipinski definition) is 1. The minimum Gasteiger partial charge on any atom is -0.388 e. The van der Waals surface area contributed by atoms with Gasteiger partial charge in [0.05, 0.1) is 6.10 Å². The monoisotopic (exact) mass is 302 g/mol. The third kappa shape index (κ3) is 4.07. The fourth-order valence-corrected chi connectivity index (χ4v) is 2.43. The van der Waals surface area contributed by atoms with Crippen molar-refractivity contribution in [1.82, 2.24) is 0 Å². The molecule has 3 heteroatoms. The molecule has 0 saturated carbocycles. The molecule has 1 rings (SSSR count). The van der Waals surface area contributed by atoms with Gasteiger partial charge in [-0.2, -0.15) is 0 Å². The molecule has 1 N–H and O–H groups in total. The summed E-state index contributed by atoms with van der Waals surface area (Å²) >= 11 is 3.31. The Balaban J connectivity index is 2.85. The third-order valence-electron chi connectivity index (χ3n) is 3.18. The van der Waals surface area contributed by atoms with Gasteiger partial charge in [0.2, 0.25) is 0 Å². The first-order valence-corrected chi connectivity index (χ1v) is 7.02. The van der Waals surface area contributed by atoms with Crippen LogP contribution < -0.4 is 0 Å². The topological polar surface area (TPSA) is 20.2 Å². The zero-order valence-corrected chi connectivity index (χ0v) is 12.0. The number of aliphatic hydroxyl groups excluding tert-OH is 1. The lowest BCUT2D eigenvalue weighted by Gasteiger charge is -2.22. The van der Waals surface area contributed by atoms with Crippen LogP contribution in [0.4, 0.5) is 4.39 Å². The Hall–Kier alpha value is -0.410. The van der Waals surface area contributed by atoms with E-state index in [0.29, 0.717) is 5.56 Å². The first-order chi connectivity index (χ1) is 8.10. The summed E-state index contributed by atoms with van der Waals surface area (Å²) in [7, 11) is 0. The van der Waals surface area contributed by atoms with Crippen LogP contribution in [-0.2, 0) is 0 Å². The van der Waals surface area contributed by atoms with E-state index in [9.17, 15) is 9.50 Å². The summed E-state index contributed by atoms with van der Waals surface area (Å²) < 4.78 is 14.5. The van der Waals surface area contributed by atoms with Gasteiger partial charge in [-0.25, -0.2) is 4.39 Å². The Morgan fingerprint density at radius 3 is 2.65 bits per heavy atom. The maximum Gasteiger partial charge on any atom is 0.129 e. The van der Waals surface area contributed by atoms with E-state index in [2.05, 4.69) is 22.9 Å². The van der Waals surface area contributed by atoms with Gasteiger partial charge < -0.3 is 5.11 Å². The molecule has 2 atom stereocenters. The van der Waals surface area contributed by atoms with Crippen LogP contribution in [0.15, 0.2) is 22.7 Å². The van der Waals surface area contributed by atoms with Crippen LogP contribution in [0.25, 0.3) is 0 Å². The molecular weight excluding hydrogens is 283 g/mol. The minimum absolute atomic E-state index is 0.138. The molecule has 0 aromatic heterocycles. The van der Waals surface area contributed by atoms with Gasteiger partial charge in [0.1, 0.15) is 5.82 Å². The molecule has 0 aliphatic rings. The maximum atomic E-state index is 13.7. The van der Waals surface area contributed by atoms with E-state index in [-0.39, 0.29) is 11.7 Å². The lowest BCUT2D eigenvalue weighted by atomic mass is 9.89. The van der Waals surface area contributed by atoms with Gasteiger partial charge in [-0.1, -0.05) is 49.0 Å². The number of aliphatic hydroxyl groups is 1. The summed E-state index contributed by atoms with van der Waals surface area (Å²) in [5.41, 5.74) is 0.405. The van der Waals surface area contributed by atoms with E-state index in [0.717, 1.165) is 30.2 Å². The van der Waals surface area contributed by atoms with Crippen molar-refractivity contribution in [2.24, 2.45) is 5.92 Å². The molecule has 0 aliphatic carbocycles. The van der Waals surface area contributed by atoms with E-state index in [1.807, 2.05) is 6.92 Å². The summed E-state index contributed by atoms with van der Waals surface area (Å²) in [6.07, 6.45) is 3.28. The summed E-state index contributed by atoms with van der Waals surface area (Å²) in [5, 5.41) is 10.3. The Bertz CT molecular complexity index is 354. The lowest BCUT2D eigenvalue weighted by molar-refractivity contribution is 0.0953. The van der Waals surface area contributed by atoms with Crippen molar-refractivity contribution in [3.8, 4) is 0 Å². The molecular formula is C14H20BrFO. The highest BCUT2D eigenvalue weighted by atomic mass is 79.9. The van der Waals surface area contributed by atoms with Crippen molar-refractivity contribution in [3.05, 3.63) is 34.1 Å². The molecule has 1 nitrogen and oxygen atoms in total. The smallest absolute Gasteiger partial charge is 0.129 e. The Labute approximate surface area is 111 Å². The average molecular weight is 303 g/mol. The first kappa shape index (κ1) is 14.7. The molecule has 17 heavy (non-hydrogen) atoms. The van der Waals surface area contributed by atoms with Crippen LogP contribution in [0.2, 0.25) is 0 Å². The second-order valence-corrected chi connectivity index (χ2v) is 5.34. The zero-order chi connectivity index (χ0) is 12.8. The molecule has 0 heterocycles. The van der Waals surface area contributed by atoms with Gasteiger partial charge in [-0.15, -0.1) is 0 Å². The van der Waals surface area contributed by atoms with Crippen LogP contribution in [0.1, 0.15) is 51.2 Å². The van der Waals surface area contributed by atoms with Crippen LogP contribution in [-0.4, -0.2) is 5.11 Å². The van der Waals surface area contributed by atoms with Crippen LogP contribution >= 0.6 is 15.9 Å². The largest absolute Gasteiger partial charge is 0.388 e. The minimum atomic E-state index is -0.705. The average Bonchev–Trinajstić information content (AvgIpc) is 2.33. The summed E-state index contributed by atoms with van der Waals surface area (Å²) in [6.45, 7) is 4.16. The predicted molar refractivity (Wildman–Crippen MR) is 72.4 cm³/mol. The van der Waals surface area contributed by atoms with E-state index in [1.165, 1.54) is 6.07 Å². The first-order valence-electron chi connectivity index (χ1n) is 6.23. The zero-order valence-electron chi connectivity index (χ0n) is 10.4. The fourth-order valence-electron chi connectivity index (χ4n) is 2.05. The van der Waals surface area contributed by atoms with Gasteiger partial charge in [-0.05, 0) is 30.5 Å². The molecule has 0 amide bonds. The van der Waals surface area contributed by atoms with Crippen LogP contribution in [0.5, 0.6) is 0 Å². The molecule has 1 aromatic carbocycles. The SMILES string of the molecule is CCCCC(CC)C(O)c1cc(Br)ccc1F. The van der Waals surface area contributed by atoms with E-state index >= 15 is 0 Å². The summed E-state index contributed by atoms with van der Waals surface area (Å²) in [4.78, 5) is 0. The standard InChI is InChI=1S/C14H20BrFO/c1-3-5-6-10(4-2)14(17)12-9-11(15)7-8-13(12)16/h7-10,14,17H,3-6H2,1-2H3. The number of hydrogen-bond acceptors (Lipinski definition) is 1. The van der Waals surface area contributed by atoms with Crippen molar-refractivity contribution < 1.29 is 9.50 Å². The normalized spacial score (nSPS) is 14.6. The van der Waals surface area contributed by atoms with Crippen molar-refractivity contribution >= 4 is 15.9 Å². The van der Waals surface area contributed by atoms with E-state index in [4.69, 9.17) is 0 Å². The van der Waals surface area contributed by atoms with Crippen LogP contribution in [0.3, 0.4) is 0 Å². The van der Waals surface area contributed by atoms with Gasteiger partial charge in [0.15, 0.2) is 0 Å². The highest BCUT2D eigenvalue weighted by Gasteiger charge is 2.21. The van der Waals surface area contributed by atoms with E-state index < -0.39 is 6.10 Å². The quantitative estimate of drug-likeness (QED) is 0.797. The highest BCUT2D eigenvalue weighted by molar-refractivity contribution is 9.10. The van der Waals surface area contributed by atoms with Gasteiger partial charge >= 0.3 is 0 Å². The Morgan fingerprint density at radius 2 is 2.06 bits per heavy atom. The van der Waals surface area contributed by atoms with Crippen molar-refractivity contribution in [1.29, 1.82) is 0 Å². The van der Waals surface area contributed by atoms with Crippen molar-refractivity contribution in [2.45, 2.75) is 45.6 Å². The molecule has 1 aromatic rings. The number of benzene rings is 1. The van der Waals surface area contributed by atoms with Gasteiger partial charge in [-0.3, -0.25) is 0 Å². The third-order valence-corrected chi connectivity index (χ3v) is 3.67. The molecule has 0 aliphatic heterocycles. The highest BCUT2D eigenvalue weighted by Crippen LogP contribution is 2.31. The van der Waals surface area contributed by atoms with Crippen LogP contribution in [0, 0.1) is 11.7 Å². The fraction of sp³-hybridized carbons (Fsp3) is 0.571. The van der Waals surface area contributed by atoms with Gasteiger partial charge in [0.25, 0.3) is 0 Å². The van der Waals surface area contributed by atoms with Gasteiger partial charge in [0, 0.05) is 10.0 Å². The molecule has 96 valence electrons. The number of halogens is 2. The van der Waals surface area contributed by atoms with E-state index in [1.54, 1.807) is 12.1 Å². The Kier molecular flexibility index (Phi) is 6.14. The molecule has 0 spiro atoms. The number of unbranched alkanes of at least 4 members (excludes halogenated alkanes) is 1.